The van der Waals surface area contributed by atoms with Gasteiger partial charge in [0.05, 0.1) is 0 Å². The van der Waals surface area contributed by atoms with Crippen LogP contribution in [0, 0.1) is 12.8 Å². The molecule has 0 saturated heterocycles. The molecule has 30 heavy (non-hydrogen) atoms. The number of hydrogen-bond acceptors (Lipinski definition) is 2. The minimum atomic E-state index is -0.00641. The van der Waals surface area contributed by atoms with Crippen LogP contribution in [-0.2, 0) is 13.1 Å². The van der Waals surface area contributed by atoms with Crippen molar-refractivity contribution in [1.29, 1.82) is 0 Å². The average Bonchev–Trinajstić information content (AvgIpc) is 2.75. The van der Waals surface area contributed by atoms with Crippen LogP contribution in [0.3, 0.4) is 0 Å². The average molecular weight is 401 g/mol. The number of hydrogen-bond donors (Lipinski definition) is 1. The summed E-state index contributed by atoms with van der Waals surface area (Å²) in [5.74, 6) is 0.321. The second-order valence-electron chi connectivity index (χ2n) is 8.33. The van der Waals surface area contributed by atoms with Crippen molar-refractivity contribution in [1.82, 2.24) is 10.2 Å². The summed E-state index contributed by atoms with van der Waals surface area (Å²) >= 11 is 0. The van der Waals surface area contributed by atoms with Gasteiger partial charge in [0.15, 0.2) is 0 Å². The van der Waals surface area contributed by atoms with E-state index < -0.39 is 0 Å². The van der Waals surface area contributed by atoms with Gasteiger partial charge in [-0.2, -0.15) is 0 Å². The topological polar surface area (TPSA) is 32.3 Å². The van der Waals surface area contributed by atoms with Crippen LogP contribution in [0.15, 0.2) is 84.9 Å². The van der Waals surface area contributed by atoms with Crippen molar-refractivity contribution >= 4 is 5.91 Å². The van der Waals surface area contributed by atoms with Crippen molar-refractivity contribution in [3.05, 3.63) is 107 Å². The number of carbonyl (C=O) groups excluding carboxylic acids is 1. The van der Waals surface area contributed by atoms with Gasteiger partial charge in [-0.05, 0) is 36.1 Å². The largest absolute Gasteiger partial charge is 0.348 e. The molecule has 0 aliphatic rings. The van der Waals surface area contributed by atoms with Crippen LogP contribution in [0.5, 0.6) is 0 Å². The zero-order valence-electron chi connectivity index (χ0n) is 18.2. The second-order valence-corrected chi connectivity index (χ2v) is 8.33. The van der Waals surface area contributed by atoms with E-state index in [0.717, 1.165) is 25.2 Å². The van der Waals surface area contributed by atoms with Crippen molar-refractivity contribution in [2.24, 2.45) is 5.92 Å². The number of carbonyl (C=O) groups is 1. The molecule has 0 aromatic heterocycles. The summed E-state index contributed by atoms with van der Waals surface area (Å²) in [5.41, 5.74) is 4.43. The fourth-order valence-corrected chi connectivity index (χ4v) is 3.53. The van der Waals surface area contributed by atoms with Gasteiger partial charge in [0, 0.05) is 31.2 Å². The Morgan fingerprint density at radius 3 is 1.77 bits per heavy atom. The Kier molecular flexibility index (Phi) is 7.81. The monoisotopic (exact) mass is 400 g/mol. The maximum Gasteiger partial charge on any atom is 0.251 e. The number of rotatable bonds is 9. The zero-order valence-corrected chi connectivity index (χ0v) is 18.2. The molecule has 0 spiro atoms. The van der Waals surface area contributed by atoms with E-state index in [0.29, 0.717) is 11.5 Å². The van der Waals surface area contributed by atoms with E-state index in [4.69, 9.17) is 0 Å². The standard InChI is InChI=1S/C27H32N2O/c1-21(2)26(28-27(30)25-16-14-22(3)15-17-25)20-29(18-23-10-6-4-7-11-23)19-24-12-8-5-9-13-24/h4-17,21,26H,18-20H2,1-3H3,(H,28,30)/t26-/m0/s1. The van der Waals surface area contributed by atoms with Gasteiger partial charge >= 0.3 is 0 Å². The Labute approximate surface area is 180 Å². The van der Waals surface area contributed by atoms with E-state index in [-0.39, 0.29) is 11.9 Å². The number of benzene rings is 3. The molecule has 0 bridgehead atoms. The first-order chi connectivity index (χ1) is 14.5. The van der Waals surface area contributed by atoms with E-state index in [9.17, 15) is 4.79 Å². The molecule has 3 rings (SSSR count). The normalized spacial score (nSPS) is 12.2. The molecule has 3 aromatic rings. The van der Waals surface area contributed by atoms with Gasteiger partial charge in [-0.1, -0.05) is 92.2 Å². The van der Waals surface area contributed by atoms with Gasteiger partial charge in [0.1, 0.15) is 0 Å². The maximum absolute atomic E-state index is 12.8. The third kappa shape index (κ3) is 6.57. The third-order valence-corrected chi connectivity index (χ3v) is 5.39. The fraction of sp³-hybridized carbons (Fsp3) is 0.296. The van der Waals surface area contributed by atoms with E-state index in [2.05, 4.69) is 72.6 Å². The van der Waals surface area contributed by atoms with Crippen LogP contribution in [0.2, 0.25) is 0 Å². The highest BCUT2D eigenvalue weighted by Gasteiger charge is 2.21. The SMILES string of the molecule is Cc1ccc(C(=O)N[C@@H](CN(Cc2ccccc2)Cc2ccccc2)C(C)C)cc1. The highest BCUT2D eigenvalue weighted by Crippen LogP contribution is 2.14. The van der Waals surface area contributed by atoms with Crippen molar-refractivity contribution in [3.63, 3.8) is 0 Å². The Morgan fingerprint density at radius 1 is 0.800 bits per heavy atom. The van der Waals surface area contributed by atoms with Gasteiger partial charge in [0.25, 0.3) is 5.91 Å². The Morgan fingerprint density at radius 2 is 1.30 bits per heavy atom. The number of amides is 1. The predicted octanol–water partition coefficient (Wildman–Crippen LogP) is 5.45. The smallest absolute Gasteiger partial charge is 0.251 e. The minimum Gasteiger partial charge on any atom is -0.348 e. The quantitative estimate of drug-likeness (QED) is 0.518. The summed E-state index contributed by atoms with van der Waals surface area (Å²) in [6, 6.07) is 28.9. The summed E-state index contributed by atoms with van der Waals surface area (Å²) in [6.45, 7) is 8.86. The summed E-state index contributed by atoms with van der Waals surface area (Å²) in [5, 5.41) is 3.27. The molecule has 0 radical (unpaired) electrons. The number of aryl methyl sites for hydroxylation is 1. The number of nitrogens with one attached hydrogen (secondary N) is 1. The van der Waals surface area contributed by atoms with Crippen LogP contribution in [0.4, 0.5) is 0 Å². The zero-order chi connectivity index (χ0) is 21.3. The Hall–Kier alpha value is -2.91. The van der Waals surface area contributed by atoms with Crippen LogP contribution in [0.25, 0.3) is 0 Å². The van der Waals surface area contributed by atoms with Gasteiger partial charge in [0.2, 0.25) is 0 Å². The van der Waals surface area contributed by atoms with E-state index in [1.165, 1.54) is 11.1 Å². The summed E-state index contributed by atoms with van der Waals surface area (Å²) < 4.78 is 0. The molecule has 3 heteroatoms. The van der Waals surface area contributed by atoms with Gasteiger partial charge < -0.3 is 5.32 Å². The molecule has 0 unspecified atom stereocenters. The predicted molar refractivity (Wildman–Crippen MR) is 124 cm³/mol. The second kappa shape index (κ2) is 10.7. The first-order valence-electron chi connectivity index (χ1n) is 10.7. The van der Waals surface area contributed by atoms with Crippen LogP contribution in [0.1, 0.15) is 40.9 Å². The minimum absolute atomic E-state index is 0.00641. The van der Waals surface area contributed by atoms with Crippen LogP contribution >= 0.6 is 0 Å². The van der Waals surface area contributed by atoms with Crippen molar-refractivity contribution < 1.29 is 4.79 Å². The van der Waals surface area contributed by atoms with Crippen LogP contribution < -0.4 is 5.32 Å². The Balaban J connectivity index is 1.74. The molecule has 156 valence electrons. The highest BCUT2D eigenvalue weighted by molar-refractivity contribution is 5.94. The highest BCUT2D eigenvalue weighted by atomic mass is 16.1. The molecule has 3 nitrogen and oxygen atoms in total. The molecule has 0 heterocycles. The molecule has 1 N–H and O–H groups in total. The van der Waals surface area contributed by atoms with E-state index >= 15 is 0 Å². The molecule has 0 fully saturated rings. The van der Waals surface area contributed by atoms with E-state index in [1.54, 1.807) is 0 Å². The summed E-state index contributed by atoms with van der Waals surface area (Å²) in [4.78, 5) is 15.3. The molecule has 3 aromatic carbocycles. The van der Waals surface area contributed by atoms with Gasteiger partial charge in [-0.15, -0.1) is 0 Å². The molecular formula is C27H32N2O. The van der Waals surface area contributed by atoms with Crippen molar-refractivity contribution in [2.75, 3.05) is 6.54 Å². The summed E-state index contributed by atoms with van der Waals surface area (Å²) in [6.07, 6.45) is 0. The molecule has 0 aliphatic heterocycles. The molecule has 1 amide bonds. The van der Waals surface area contributed by atoms with Crippen molar-refractivity contribution in [2.45, 2.75) is 39.9 Å². The lowest BCUT2D eigenvalue weighted by Crippen LogP contribution is -2.46. The first-order valence-corrected chi connectivity index (χ1v) is 10.7. The Bertz CT molecular complexity index is 863. The maximum atomic E-state index is 12.8. The fourth-order valence-electron chi connectivity index (χ4n) is 3.53. The van der Waals surface area contributed by atoms with Crippen LogP contribution in [-0.4, -0.2) is 23.4 Å². The molecule has 0 saturated carbocycles. The molecule has 0 aliphatic carbocycles. The van der Waals surface area contributed by atoms with Gasteiger partial charge in [-0.25, -0.2) is 0 Å². The van der Waals surface area contributed by atoms with E-state index in [1.807, 2.05) is 43.3 Å². The first kappa shape index (κ1) is 21.8. The molecule has 1 atom stereocenters. The lowest BCUT2D eigenvalue weighted by atomic mass is 10.0. The van der Waals surface area contributed by atoms with Gasteiger partial charge in [-0.3, -0.25) is 9.69 Å². The lowest BCUT2D eigenvalue weighted by Gasteiger charge is -2.30. The third-order valence-electron chi connectivity index (χ3n) is 5.39. The molecular weight excluding hydrogens is 368 g/mol. The van der Waals surface area contributed by atoms with Crippen molar-refractivity contribution in [3.8, 4) is 0 Å². The lowest BCUT2D eigenvalue weighted by molar-refractivity contribution is 0.0904. The number of nitrogens with zero attached hydrogens (tertiary/aromatic N) is 1. The summed E-state index contributed by atoms with van der Waals surface area (Å²) in [7, 11) is 0.